The maximum Gasteiger partial charge on any atom is 0.248 e. The van der Waals surface area contributed by atoms with Gasteiger partial charge < -0.3 is 8.83 Å². The van der Waals surface area contributed by atoms with E-state index in [0.29, 0.717) is 11.8 Å². The maximum atomic E-state index is 6.16. The normalized spacial score (nSPS) is 11.3. The monoisotopic (exact) mass is 388 g/mol. The zero-order valence-corrected chi connectivity index (χ0v) is 15.9. The van der Waals surface area contributed by atoms with Crippen LogP contribution in [0.4, 0.5) is 0 Å². The minimum atomic E-state index is 0.502. The van der Waals surface area contributed by atoms with Crippen LogP contribution in [0.15, 0.2) is 106 Å². The molecule has 142 valence electrons. The number of benzene rings is 4. The summed E-state index contributed by atoms with van der Waals surface area (Å²) in [6.07, 6.45) is 0. The molecule has 4 aromatic carbocycles. The Morgan fingerprint density at radius 1 is 0.467 bits per heavy atom. The first-order valence-electron chi connectivity index (χ1n) is 9.77. The van der Waals surface area contributed by atoms with E-state index < -0.39 is 0 Å². The third kappa shape index (κ3) is 2.70. The summed E-state index contributed by atoms with van der Waals surface area (Å²) < 4.78 is 12.0. The predicted molar refractivity (Wildman–Crippen MR) is 118 cm³/mol. The minimum Gasteiger partial charge on any atom is -0.455 e. The molecule has 0 N–H and O–H groups in total. The zero-order chi connectivity index (χ0) is 19.9. The number of fused-ring (bicyclic) bond motifs is 3. The largest absolute Gasteiger partial charge is 0.455 e. The highest BCUT2D eigenvalue weighted by Gasteiger charge is 2.13. The first kappa shape index (κ1) is 16.7. The fraction of sp³-hybridized carbons (Fsp3) is 0. The Morgan fingerprint density at radius 3 is 1.90 bits per heavy atom. The fourth-order valence-corrected chi connectivity index (χ4v) is 3.80. The average Bonchev–Trinajstić information content (AvgIpc) is 3.45. The molecular formula is C26H16N2O2. The number of para-hydroxylation sites is 2. The number of aromatic nitrogens is 2. The summed E-state index contributed by atoms with van der Waals surface area (Å²) in [4.78, 5) is 0. The highest BCUT2D eigenvalue weighted by molar-refractivity contribution is 6.09. The summed E-state index contributed by atoms with van der Waals surface area (Å²) in [5.74, 6) is 1.02. The molecule has 2 heterocycles. The van der Waals surface area contributed by atoms with E-state index in [1.165, 1.54) is 0 Å². The van der Waals surface area contributed by atoms with Crippen molar-refractivity contribution in [3.8, 4) is 34.0 Å². The van der Waals surface area contributed by atoms with Crippen LogP contribution < -0.4 is 0 Å². The maximum absolute atomic E-state index is 6.16. The highest BCUT2D eigenvalue weighted by atomic mass is 16.4. The fourth-order valence-electron chi connectivity index (χ4n) is 3.80. The van der Waals surface area contributed by atoms with Crippen molar-refractivity contribution in [1.82, 2.24) is 10.2 Å². The summed E-state index contributed by atoms with van der Waals surface area (Å²) in [7, 11) is 0. The van der Waals surface area contributed by atoms with Crippen LogP contribution in [-0.2, 0) is 0 Å². The topological polar surface area (TPSA) is 52.1 Å². The Labute approximate surface area is 172 Å². The SMILES string of the molecule is c1ccc(-c2nnc(-c3ccc(-c4cccc5c4oc4ccccc45)cc3)o2)cc1. The standard InChI is InChI=1S/C26H16N2O2/c1-2-7-18(8-3-1)25-27-28-26(30-25)19-15-13-17(14-16-19)20-10-6-11-22-21-9-4-5-12-23(21)29-24(20)22/h1-16H. The molecule has 6 rings (SSSR count). The number of furan rings is 1. The quantitative estimate of drug-likeness (QED) is 0.328. The average molecular weight is 388 g/mol. The van der Waals surface area contributed by atoms with Crippen molar-refractivity contribution in [3.63, 3.8) is 0 Å². The summed E-state index contributed by atoms with van der Waals surface area (Å²) in [6, 6.07) is 32.3. The summed E-state index contributed by atoms with van der Waals surface area (Å²) in [5.41, 5.74) is 5.72. The van der Waals surface area contributed by atoms with Gasteiger partial charge in [-0.3, -0.25) is 0 Å². The van der Waals surface area contributed by atoms with Crippen LogP contribution >= 0.6 is 0 Å². The van der Waals surface area contributed by atoms with Crippen LogP contribution in [0.2, 0.25) is 0 Å². The van der Waals surface area contributed by atoms with Crippen LogP contribution in [-0.4, -0.2) is 10.2 Å². The molecule has 0 radical (unpaired) electrons. The molecule has 0 unspecified atom stereocenters. The smallest absolute Gasteiger partial charge is 0.248 e. The molecule has 0 atom stereocenters. The van der Waals surface area contributed by atoms with Gasteiger partial charge in [-0.1, -0.05) is 66.7 Å². The van der Waals surface area contributed by atoms with Crippen molar-refractivity contribution in [2.24, 2.45) is 0 Å². The van der Waals surface area contributed by atoms with Gasteiger partial charge in [-0.05, 0) is 35.9 Å². The van der Waals surface area contributed by atoms with Crippen LogP contribution in [0.5, 0.6) is 0 Å². The Hall–Kier alpha value is -4.18. The molecule has 4 heteroatoms. The number of rotatable bonds is 3. The molecule has 0 amide bonds. The molecule has 2 aromatic heterocycles. The van der Waals surface area contributed by atoms with Gasteiger partial charge in [-0.15, -0.1) is 10.2 Å². The van der Waals surface area contributed by atoms with Crippen molar-refractivity contribution in [3.05, 3.63) is 97.1 Å². The molecule has 0 aliphatic rings. The Kier molecular flexibility index (Phi) is 3.74. The van der Waals surface area contributed by atoms with Gasteiger partial charge in [0, 0.05) is 27.5 Å². The lowest BCUT2D eigenvalue weighted by Gasteiger charge is -2.03. The second kappa shape index (κ2) is 6.71. The first-order valence-corrected chi connectivity index (χ1v) is 9.77. The van der Waals surface area contributed by atoms with E-state index in [1.807, 2.05) is 60.7 Å². The summed E-state index contributed by atoms with van der Waals surface area (Å²) >= 11 is 0. The number of hydrogen-bond donors (Lipinski definition) is 0. The van der Waals surface area contributed by atoms with E-state index >= 15 is 0 Å². The van der Waals surface area contributed by atoms with Crippen LogP contribution in [0, 0.1) is 0 Å². The molecule has 0 saturated heterocycles. The summed E-state index contributed by atoms with van der Waals surface area (Å²) in [6.45, 7) is 0. The zero-order valence-electron chi connectivity index (χ0n) is 15.9. The second-order valence-electron chi connectivity index (χ2n) is 7.14. The van der Waals surface area contributed by atoms with Crippen LogP contribution in [0.25, 0.3) is 56.0 Å². The molecule has 30 heavy (non-hydrogen) atoms. The molecule has 6 aromatic rings. The number of hydrogen-bond acceptors (Lipinski definition) is 4. The van der Waals surface area contributed by atoms with E-state index in [-0.39, 0.29) is 0 Å². The molecule has 0 aliphatic carbocycles. The Bertz CT molecular complexity index is 1480. The third-order valence-electron chi connectivity index (χ3n) is 5.29. The third-order valence-corrected chi connectivity index (χ3v) is 5.29. The molecule has 0 aliphatic heterocycles. The van der Waals surface area contributed by atoms with Crippen LogP contribution in [0.1, 0.15) is 0 Å². The summed E-state index contributed by atoms with van der Waals surface area (Å²) in [5, 5.41) is 10.6. The van der Waals surface area contributed by atoms with Crippen LogP contribution in [0.3, 0.4) is 0 Å². The van der Waals surface area contributed by atoms with E-state index in [0.717, 1.165) is 44.2 Å². The van der Waals surface area contributed by atoms with Gasteiger partial charge in [0.15, 0.2) is 0 Å². The van der Waals surface area contributed by atoms with E-state index in [9.17, 15) is 0 Å². The Morgan fingerprint density at radius 2 is 1.10 bits per heavy atom. The van der Waals surface area contributed by atoms with Gasteiger partial charge in [0.1, 0.15) is 11.2 Å². The predicted octanol–water partition coefficient (Wildman–Crippen LogP) is 6.97. The second-order valence-corrected chi connectivity index (χ2v) is 7.14. The highest BCUT2D eigenvalue weighted by Crippen LogP contribution is 2.36. The first-order chi connectivity index (χ1) is 14.9. The van der Waals surface area contributed by atoms with Crippen molar-refractivity contribution < 1.29 is 8.83 Å². The number of nitrogens with zero attached hydrogens (tertiary/aromatic N) is 2. The van der Waals surface area contributed by atoms with Gasteiger partial charge in [-0.2, -0.15) is 0 Å². The van der Waals surface area contributed by atoms with E-state index in [1.54, 1.807) is 0 Å². The molecule has 0 spiro atoms. The Balaban J connectivity index is 1.39. The molecule has 0 bridgehead atoms. The molecule has 4 nitrogen and oxygen atoms in total. The van der Waals surface area contributed by atoms with Gasteiger partial charge >= 0.3 is 0 Å². The van der Waals surface area contributed by atoms with Crippen molar-refractivity contribution in [2.45, 2.75) is 0 Å². The lowest BCUT2D eigenvalue weighted by Crippen LogP contribution is -1.81. The lowest BCUT2D eigenvalue weighted by atomic mass is 10.0. The van der Waals surface area contributed by atoms with Gasteiger partial charge in [0.2, 0.25) is 11.8 Å². The van der Waals surface area contributed by atoms with Crippen molar-refractivity contribution in [1.29, 1.82) is 0 Å². The van der Waals surface area contributed by atoms with Gasteiger partial charge in [0.05, 0.1) is 0 Å². The van der Waals surface area contributed by atoms with Crippen molar-refractivity contribution >= 4 is 21.9 Å². The lowest BCUT2D eigenvalue weighted by molar-refractivity contribution is 0.584. The van der Waals surface area contributed by atoms with Crippen molar-refractivity contribution in [2.75, 3.05) is 0 Å². The van der Waals surface area contributed by atoms with Gasteiger partial charge in [-0.25, -0.2) is 0 Å². The van der Waals surface area contributed by atoms with E-state index in [2.05, 4.69) is 46.6 Å². The molecular weight excluding hydrogens is 372 g/mol. The van der Waals surface area contributed by atoms with E-state index in [4.69, 9.17) is 8.83 Å². The molecule has 0 saturated carbocycles. The minimum absolute atomic E-state index is 0.502. The van der Waals surface area contributed by atoms with Gasteiger partial charge in [0.25, 0.3) is 0 Å². The molecule has 0 fully saturated rings.